The molecule has 4 nitrogen and oxygen atoms in total. The molecule has 1 N–H and O–H groups in total. The third-order valence-electron chi connectivity index (χ3n) is 0.496. The van der Waals surface area contributed by atoms with Gasteiger partial charge in [0.25, 0.3) is 0 Å². The Balaban J connectivity index is 3.38. The molecule has 0 aromatic rings. The van der Waals surface area contributed by atoms with Crippen LogP contribution in [0.1, 0.15) is 13.8 Å². The van der Waals surface area contributed by atoms with Crippen molar-refractivity contribution in [2.24, 2.45) is 0 Å². The fourth-order valence-electron chi connectivity index (χ4n) is 0.285. The molecule has 0 bridgehead atoms. The number of imide groups is 1. The second kappa shape index (κ2) is 3.88. The first-order valence-electron chi connectivity index (χ1n) is 2.50. The van der Waals surface area contributed by atoms with Gasteiger partial charge in [0.2, 0.25) is 0 Å². The van der Waals surface area contributed by atoms with Gasteiger partial charge in [0.05, 0.1) is 6.10 Å². The van der Waals surface area contributed by atoms with Crippen molar-refractivity contribution in [3.05, 3.63) is 0 Å². The predicted molar refractivity (Wildman–Crippen MR) is 30.4 cm³/mol. The second-order valence-corrected chi connectivity index (χ2v) is 1.68. The third-order valence-corrected chi connectivity index (χ3v) is 0.496. The quantitative estimate of drug-likeness (QED) is 0.543. The maximum atomic E-state index is 10.3. The van der Waals surface area contributed by atoms with E-state index < -0.39 is 6.09 Å². The predicted octanol–water partition coefficient (Wildman–Crippen LogP) is 0.188. The maximum Gasteiger partial charge on any atom is 0.414 e. The van der Waals surface area contributed by atoms with E-state index in [2.05, 4.69) is 4.74 Å². The maximum absolute atomic E-state index is 10.3. The number of rotatable bonds is 2. The van der Waals surface area contributed by atoms with Crippen molar-refractivity contribution in [1.29, 1.82) is 0 Å². The molecule has 0 aliphatic carbocycles. The lowest BCUT2D eigenvalue weighted by Crippen LogP contribution is -2.25. The zero-order chi connectivity index (χ0) is 7.28. The molecule has 0 aromatic heterocycles. The van der Waals surface area contributed by atoms with Crippen molar-refractivity contribution in [3.8, 4) is 0 Å². The Hall–Kier alpha value is -1.06. The van der Waals surface area contributed by atoms with Gasteiger partial charge in [-0.15, -0.1) is 0 Å². The van der Waals surface area contributed by atoms with Crippen LogP contribution in [0.25, 0.3) is 0 Å². The fourth-order valence-corrected chi connectivity index (χ4v) is 0.285. The summed E-state index contributed by atoms with van der Waals surface area (Å²) in [5.41, 5.74) is 0. The van der Waals surface area contributed by atoms with Gasteiger partial charge in [-0.1, -0.05) is 0 Å². The van der Waals surface area contributed by atoms with Crippen molar-refractivity contribution in [3.63, 3.8) is 0 Å². The van der Waals surface area contributed by atoms with Crippen LogP contribution < -0.4 is 5.32 Å². The molecule has 0 aliphatic rings. The largest absolute Gasteiger partial charge is 0.447 e. The lowest BCUT2D eigenvalue weighted by Gasteiger charge is -2.03. The van der Waals surface area contributed by atoms with Crippen molar-refractivity contribution in [1.82, 2.24) is 5.32 Å². The molecule has 1 radical (unpaired) electrons. The number of amides is 2. The molecule has 4 heteroatoms. The van der Waals surface area contributed by atoms with E-state index in [4.69, 9.17) is 0 Å². The summed E-state index contributed by atoms with van der Waals surface area (Å²) in [6.45, 7) is 3.37. The Morgan fingerprint density at radius 2 is 2.22 bits per heavy atom. The van der Waals surface area contributed by atoms with Crippen LogP contribution in [0.4, 0.5) is 4.79 Å². The monoisotopic (exact) mass is 130 g/mol. The molecule has 0 aromatic carbocycles. The van der Waals surface area contributed by atoms with Crippen molar-refractivity contribution >= 4 is 12.5 Å². The van der Waals surface area contributed by atoms with Crippen LogP contribution in [0.2, 0.25) is 0 Å². The Labute approximate surface area is 53.2 Å². The van der Waals surface area contributed by atoms with E-state index in [1.807, 2.05) is 0 Å². The minimum atomic E-state index is -0.764. The minimum Gasteiger partial charge on any atom is -0.447 e. The zero-order valence-corrected chi connectivity index (χ0v) is 5.30. The number of alkyl carbamates (subject to hydrolysis) is 1. The van der Waals surface area contributed by atoms with Crippen LogP contribution in [0.15, 0.2) is 0 Å². The Morgan fingerprint density at radius 1 is 1.67 bits per heavy atom. The number of carbonyl (C=O) groups is 1. The highest BCUT2D eigenvalue weighted by molar-refractivity contribution is 5.80. The summed E-state index contributed by atoms with van der Waals surface area (Å²) < 4.78 is 4.48. The van der Waals surface area contributed by atoms with Gasteiger partial charge in [0, 0.05) is 0 Å². The van der Waals surface area contributed by atoms with Crippen molar-refractivity contribution in [2.75, 3.05) is 0 Å². The summed E-state index contributed by atoms with van der Waals surface area (Å²) in [6, 6.07) is 0. The smallest absolute Gasteiger partial charge is 0.414 e. The first-order valence-corrected chi connectivity index (χ1v) is 2.50. The molecule has 0 atom stereocenters. The molecule has 9 heavy (non-hydrogen) atoms. The van der Waals surface area contributed by atoms with Crippen LogP contribution in [-0.2, 0) is 9.53 Å². The summed E-state index contributed by atoms with van der Waals surface area (Å²) in [4.78, 5) is 19.7. The van der Waals surface area contributed by atoms with Gasteiger partial charge in [0.1, 0.15) is 0 Å². The van der Waals surface area contributed by atoms with Gasteiger partial charge in [-0.05, 0) is 13.8 Å². The third kappa shape index (κ3) is 4.80. The molecule has 0 fully saturated rings. The van der Waals surface area contributed by atoms with Crippen LogP contribution in [0.5, 0.6) is 0 Å². The first kappa shape index (κ1) is 7.94. The summed E-state index contributed by atoms with van der Waals surface area (Å²) in [5.74, 6) is 0. The summed E-state index contributed by atoms with van der Waals surface area (Å²) in [7, 11) is 0. The number of nitrogens with one attached hydrogen (secondary N) is 1. The average Bonchev–Trinajstić information content (AvgIpc) is 1.63. The van der Waals surface area contributed by atoms with Crippen molar-refractivity contribution < 1.29 is 14.3 Å². The highest BCUT2D eigenvalue weighted by Crippen LogP contribution is 1.85. The van der Waals surface area contributed by atoms with E-state index in [-0.39, 0.29) is 6.10 Å². The highest BCUT2D eigenvalue weighted by Gasteiger charge is 2.01. The summed E-state index contributed by atoms with van der Waals surface area (Å²) in [6.07, 6.45) is 0.225. The first-order chi connectivity index (χ1) is 4.16. The van der Waals surface area contributed by atoms with Crippen LogP contribution >= 0.6 is 0 Å². The molecule has 0 rings (SSSR count). The molecular formula is C5H8NO3. The van der Waals surface area contributed by atoms with Gasteiger partial charge in [-0.3, -0.25) is 10.1 Å². The molecule has 0 unspecified atom stereocenters. The Bertz CT molecular complexity index is 111. The van der Waals surface area contributed by atoms with E-state index in [1.165, 1.54) is 6.41 Å². The SMILES string of the molecule is CC(C)OC(=O)N[C]=O. The van der Waals surface area contributed by atoms with Gasteiger partial charge in [-0.25, -0.2) is 4.79 Å². The van der Waals surface area contributed by atoms with Crippen LogP contribution in [0, 0.1) is 0 Å². The average molecular weight is 130 g/mol. The molecule has 0 spiro atoms. The van der Waals surface area contributed by atoms with E-state index in [1.54, 1.807) is 19.2 Å². The van der Waals surface area contributed by atoms with Gasteiger partial charge in [-0.2, -0.15) is 0 Å². The fraction of sp³-hybridized carbons (Fsp3) is 0.600. The number of carbonyl (C=O) groups excluding carboxylic acids is 2. The Kier molecular flexibility index (Phi) is 3.43. The van der Waals surface area contributed by atoms with Crippen LogP contribution in [-0.4, -0.2) is 18.6 Å². The molecule has 51 valence electrons. The van der Waals surface area contributed by atoms with Crippen LogP contribution in [0.3, 0.4) is 0 Å². The number of ether oxygens (including phenoxy) is 1. The topological polar surface area (TPSA) is 55.4 Å². The van der Waals surface area contributed by atoms with Gasteiger partial charge >= 0.3 is 12.5 Å². The van der Waals surface area contributed by atoms with Crippen molar-refractivity contribution in [2.45, 2.75) is 20.0 Å². The highest BCUT2D eigenvalue weighted by atomic mass is 16.6. The molecule has 0 heterocycles. The Morgan fingerprint density at radius 3 is 2.56 bits per heavy atom. The number of hydrogen-bond acceptors (Lipinski definition) is 3. The second-order valence-electron chi connectivity index (χ2n) is 1.68. The summed E-state index contributed by atoms with van der Waals surface area (Å²) in [5, 5.41) is 1.71. The molecule has 0 aliphatic heterocycles. The lowest BCUT2D eigenvalue weighted by molar-refractivity contribution is 0.120. The summed E-state index contributed by atoms with van der Waals surface area (Å²) >= 11 is 0. The minimum absolute atomic E-state index is 0.210. The molecule has 0 saturated heterocycles. The normalized spacial score (nSPS) is 8.78. The van der Waals surface area contributed by atoms with E-state index in [0.717, 1.165) is 0 Å². The van der Waals surface area contributed by atoms with E-state index >= 15 is 0 Å². The zero-order valence-electron chi connectivity index (χ0n) is 5.30. The van der Waals surface area contributed by atoms with E-state index in [0.29, 0.717) is 0 Å². The number of hydrogen-bond donors (Lipinski definition) is 1. The molecular weight excluding hydrogens is 122 g/mol. The molecule has 0 saturated carbocycles. The van der Waals surface area contributed by atoms with Gasteiger partial charge < -0.3 is 4.74 Å². The molecule has 2 amide bonds. The standard InChI is InChI=1S/C5H8NO3/c1-4(2)9-5(8)6-3-7/h4H,1-2H3,(H,6,7,8). The lowest BCUT2D eigenvalue weighted by atomic mass is 10.5. The van der Waals surface area contributed by atoms with Gasteiger partial charge in [0.15, 0.2) is 0 Å². The van der Waals surface area contributed by atoms with E-state index in [9.17, 15) is 9.59 Å².